The first-order valence-corrected chi connectivity index (χ1v) is 14.9. The lowest BCUT2D eigenvalue weighted by Crippen LogP contribution is -2.18. The molecule has 0 aliphatic heterocycles. The van der Waals surface area contributed by atoms with Crippen LogP contribution >= 0.6 is 11.6 Å². The predicted molar refractivity (Wildman–Crippen MR) is 178 cm³/mol. The normalized spacial score (nSPS) is 11.2. The zero-order valence-electron chi connectivity index (χ0n) is 24.7. The van der Waals surface area contributed by atoms with Crippen LogP contribution < -0.4 is 10.6 Å². The van der Waals surface area contributed by atoms with Crippen LogP contribution in [0.1, 0.15) is 21.0 Å². The van der Waals surface area contributed by atoms with Crippen molar-refractivity contribution in [3.8, 4) is 22.5 Å². The number of rotatable bonds is 7. The lowest BCUT2D eigenvalue weighted by Gasteiger charge is -2.06. The van der Waals surface area contributed by atoms with E-state index in [2.05, 4.69) is 30.6 Å². The number of pyridine rings is 3. The van der Waals surface area contributed by atoms with Crippen molar-refractivity contribution in [1.82, 2.24) is 39.7 Å². The largest absolute Gasteiger partial charge is 0.444 e. The molecule has 13 nitrogen and oxygen atoms in total. The monoisotopic (exact) mass is 652 g/mol. The summed E-state index contributed by atoms with van der Waals surface area (Å²) in [5.41, 5.74) is 4.76. The van der Waals surface area contributed by atoms with Gasteiger partial charge in [-0.1, -0.05) is 17.7 Å². The smallest absolute Gasteiger partial charge is 0.276 e. The molecule has 48 heavy (non-hydrogen) atoms. The molecule has 0 bridgehead atoms. The minimum atomic E-state index is -0.454. The maximum atomic E-state index is 13.8. The summed E-state index contributed by atoms with van der Waals surface area (Å²) in [4.78, 5) is 46.7. The van der Waals surface area contributed by atoms with Gasteiger partial charge in [0.05, 0.1) is 17.2 Å². The topological polar surface area (TPSA) is 159 Å². The minimum Gasteiger partial charge on any atom is -0.444 e. The number of carbonyl (C=O) groups excluding carboxylic acids is 2. The standard InChI is InChI=1S/C34H21ClN10O3/c35-30-6-3-22(17-39-30)20-1-4-27-25(15-20)31(33(46)40-23-7-11-36-12-8-23)42-44(27)45-28-5-2-21(29-18-38-19-48-29)16-26(28)32(43-45)34(47)41-24-9-13-37-14-10-24/h1-19H,(H,36,40,46)(H,37,41,47). The van der Waals surface area contributed by atoms with Gasteiger partial charge in [0.25, 0.3) is 11.8 Å². The molecular formula is C34H21ClN10O3. The summed E-state index contributed by atoms with van der Waals surface area (Å²) in [5, 5.41) is 16.7. The zero-order chi connectivity index (χ0) is 32.6. The van der Waals surface area contributed by atoms with Crippen LogP contribution in [0.25, 0.3) is 44.3 Å². The summed E-state index contributed by atoms with van der Waals surface area (Å²) in [5.74, 6) is -0.380. The molecule has 8 aromatic rings. The second-order valence-electron chi connectivity index (χ2n) is 10.6. The molecule has 0 spiro atoms. The SMILES string of the molecule is O=C(Nc1ccncc1)c1nn(-n2nc(C(=O)Nc3ccncc3)c3cc(-c4cnco4)ccc32)c2ccc(-c3ccc(Cl)nc3)cc12. The molecule has 2 amide bonds. The number of hydrogen-bond donors (Lipinski definition) is 2. The number of fused-ring (bicyclic) bond motifs is 2. The molecule has 14 heteroatoms. The number of amides is 2. The number of nitrogens with zero attached hydrogens (tertiary/aromatic N) is 8. The Morgan fingerprint density at radius 1 is 0.625 bits per heavy atom. The van der Waals surface area contributed by atoms with Crippen LogP contribution in [0, 0.1) is 0 Å². The van der Waals surface area contributed by atoms with Crippen LogP contribution in [-0.4, -0.2) is 51.5 Å². The highest BCUT2D eigenvalue weighted by atomic mass is 35.5. The quantitative estimate of drug-likeness (QED) is 0.187. The second kappa shape index (κ2) is 11.9. The second-order valence-corrected chi connectivity index (χ2v) is 10.9. The molecule has 0 radical (unpaired) electrons. The van der Waals surface area contributed by atoms with Crippen molar-refractivity contribution >= 4 is 56.6 Å². The Balaban J connectivity index is 1.31. The van der Waals surface area contributed by atoms with Crippen LogP contribution in [0.5, 0.6) is 0 Å². The molecule has 232 valence electrons. The molecule has 0 saturated heterocycles. The van der Waals surface area contributed by atoms with Crippen LogP contribution in [0.15, 0.2) is 121 Å². The maximum Gasteiger partial charge on any atom is 0.276 e. The van der Waals surface area contributed by atoms with Crippen LogP contribution in [-0.2, 0) is 0 Å². The van der Waals surface area contributed by atoms with Gasteiger partial charge in [-0.15, -0.1) is 19.8 Å². The van der Waals surface area contributed by atoms with Crippen molar-refractivity contribution in [2.75, 3.05) is 10.6 Å². The van der Waals surface area contributed by atoms with Gasteiger partial charge in [0.15, 0.2) is 23.5 Å². The average Bonchev–Trinajstić information content (AvgIpc) is 3.87. The Morgan fingerprint density at radius 3 is 1.69 bits per heavy atom. The Kier molecular flexibility index (Phi) is 7.12. The van der Waals surface area contributed by atoms with Gasteiger partial charge >= 0.3 is 0 Å². The number of nitrogens with one attached hydrogen (secondary N) is 2. The van der Waals surface area contributed by atoms with E-state index in [4.69, 9.17) is 26.2 Å². The Labute approximate surface area is 275 Å². The summed E-state index contributed by atoms with van der Waals surface area (Å²) >= 11 is 6.03. The fourth-order valence-electron chi connectivity index (χ4n) is 5.32. The number of aromatic nitrogens is 8. The van der Waals surface area contributed by atoms with Crippen molar-refractivity contribution in [2.45, 2.75) is 0 Å². The molecule has 6 aromatic heterocycles. The van der Waals surface area contributed by atoms with Gasteiger partial charge in [-0.25, -0.2) is 9.97 Å². The van der Waals surface area contributed by atoms with Crippen molar-refractivity contribution < 1.29 is 14.0 Å². The molecule has 6 heterocycles. The van der Waals surface area contributed by atoms with Gasteiger partial charge in [-0.2, -0.15) is 0 Å². The summed E-state index contributed by atoms with van der Waals surface area (Å²) in [6.45, 7) is 0. The van der Waals surface area contributed by atoms with E-state index in [1.165, 1.54) is 16.0 Å². The number of halogens is 1. The van der Waals surface area contributed by atoms with Crippen LogP contribution in [0.2, 0.25) is 5.15 Å². The molecule has 0 unspecified atom stereocenters. The average molecular weight is 653 g/mol. The summed E-state index contributed by atoms with van der Waals surface area (Å²) in [7, 11) is 0. The van der Waals surface area contributed by atoms with Crippen molar-refractivity contribution in [1.29, 1.82) is 0 Å². The van der Waals surface area contributed by atoms with Crippen molar-refractivity contribution in [3.05, 3.63) is 133 Å². The number of benzene rings is 2. The van der Waals surface area contributed by atoms with E-state index in [1.54, 1.807) is 79.6 Å². The Bertz CT molecular complexity index is 2440. The molecule has 0 aliphatic carbocycles. The van der Waals surface area contributed by atoms with Gasteiger partial charge in [-0.05, 0) is 72.3 Å². The molecule has 0 fully saturated rings. The van der Waals surface area contributed by atoms with Gasteiger partial charge in [-0.3, -0.25) is 19.6 Å². The molecule has 2 aromatic carbocycles. The first-order chi connectivity index (χ1) is 23.5. The van der Waals surface area contributed by atoms with E-state index in [9.17, 15) is 9.59 Å². The van der Waals surface area contributed by atoms with E-state index in [-0.39, 0.29) is 11.4 Å². The molecule has 2 N–H and O–H groups in total. The van der Waals surface area contributed by atoms with Crippen LogP contribution in [0.3, 0.4) is 0 Å². The summed E-state index contributed by atoms with van der Waals surface area (Å²) in [6.07, 6.45) is 10.9. The number of carbonyl (C=O) groups is 2. The highest BCUT2D eigenvalue weighted by Crippen LogP contribution is 2.31. The van der Waals surface area contributed by atoms with Gasteiger partial charge in [0, 0.05) is 64.3 Å². The van der Waals surface area contributed by atoms with E-state index in [0.29, 0.717) is 49.7 Å². The summed E-state index contributed by atoms with van der Waals surface area (Å²) in [6, 6.07) is 21.3. The van der Waals surface area contributed by atoms with Gasteiger partial charge in [0.1, 0.15) is 5.15 Å². The third kappa shape index (κ3) is 5.29. The summed E-state index contributed by atoms with van der Waals surface area (Å²) < 4.78 is 5.52. The van der Waals surface area contributed by atoms with E-state index >= 15 is 0 Å². The van der Waals surface area contributed by atoms with Gasteiger partial charge < -0.3 is 15.1 Å². The molecule has 0 atom stereocenters. The van der Waals surface area contributed by atoms with E-state index in [1.807, 2.05) is 30.3 Å². The molecule has 0 aliphatic rings. The van der Waals surface area contributed by atoms with Crippen molar-refractivity contribution in [3.63, 3.8) is 0 Å². The number of oxazole rings is 1. The molecular weight excluding hydrogens is 632 g/mol. The zero-order valence-corrected chi connectivity index (χ0v) is 25.4. The molecule has 0 saturated carbocycles. The van der Waals surface area contributed by atoms with Gasteiger partial charge in [0.2, 0.25) is 0 Å². The third-order valence-electron chi connectivity index (χ3n) is 7.59. The third-order valence-corrected chi connectivity index (χ3v) is 7.81. The fraction of sp³-hybridized carbons (Fsp3) is 0. The number of anilines is 2. The Hall–Kier alpha value is -6.73. The lowest BCUT2D eigenvalue weighted by molar-refractivity contribution is 0.101. The van der Waals surface area contributed by atoms with Crippen LogP contribution in [0.4, 0.5) is 11.4 Å². The van der Waals surface area contributed by atoms with Crippen molar-refractivity contribution in [2.24, 2.45) is 0 Å². The van der Waals surface area contributed by atoms with E-state index < -0.39 is 11.8 Å². The fourth-order valence-corrected chi connectivity index (χ4v) is 5.43. The highest BCUT2D eigenvalue weighted by Gasteiger charge is 2.24. The first-order valence-electron chi connectivity index (χ1n) is 14.5. The van der Waals surface area contributed by atoms with E-state index in [0.717, 1.165) is 11.1 Å². The Morgan fingerprint density at radius 2 is 1.17 bits per heavy atom. The number of hydrogen-bond acceptors (Lipinski definition) is 9. The predicted octanol–water partition coefficient (Wildman–Crippen LogP) is 6.36. The first kappa shape index (κ1) is 28.7. The highest BCUT2D eigenvalue weighted by molar-refractivity contribution is 6.29. The maximum absolute atomic E-state index is 13.8. The molecule has 8 rings (SSSR count). The lowest BCUT2D eigenvalue weighted by atomic mass is 10.0. The minimum absolute atomic E-state index is 0.124.